The van der Waals surface area contributed by atoms with E-state index in [0.717, 1.165) is 22.0 Å². The summed E-state index contributed by atoms with van der Waals surface area (Å²) in [5, 5.41) is 5.35. The van der Waals surface area contributed by atoms with Gasteiger partial charge >= 0.3 is 0 Å². The smallest absolute Gasteiger partial charge is 0.272 e. The van der Waals surface area contributed by atoms with Crippen LogP contribution < -0.4 is 5.32 Å². The Bertz CT molecular complexity index is 1040. The lowest BCUT2D eigenvalue weighted by Crippen LogP contribution is -2.12. The number of anilines is 1. The van der Waals surface area contributed by atoms with Crippen molar-refractivity contribution in [2.45, 2.75) is 6.92 Å². The standard InChI is InChI=1S/C20H15FN2O/c1-12-9-10-16(21)15-11-18(22-19(12)15)20(24)23-17-8-4-6-13-5-2-3-7-14(13)17/h2-11,22H,1H3,(H,23,24). The Kier molecular flexibility index (Phi) is 3.31. The van der Waals surface area contributed by atoms with Crippen LogP contribution in [0.15, 0.2) is 60.7 Å². The molecule has 24 heavy (non-hydrogen) atoms. The largest absolute Gasteiger partial charge is 0.350 e. The van der Waals surface area contributed by atoms with Gasteiger partial charge in [0.25, 0.3) is 5.91 Å². The van der Waals surface area contributed by atoms with Crippen LogP contribution in [0.3, 0.4) is 0 Å². The molecule has 118 valence electrons. The molecule has 3 nitrogen and oxygen atoms in total. The van der Waals surface area contributed by atoms with Crippen LogP contribution in [0.1, 0.15) is 16.1 Å². The second-order valence-corrected chi connectivity index (χ2v) is 5.82. The molecule has 0 spiro atoms. The predicted molar refractivity (Wildman–Crippen MR) is 94.9 cm³/mol. The molecule has 0 saturated heterocycles. The number of hydrogen-bond donors (Lipinski definition) is 2. The van der Waals surface area contributed by atoms with Crippen molar-refractivity contribution in [1.82, 2.24) is 4.98 Å². The number of carbonyl (C=O) groups is 1. The molecule has 0 aliphatic heterocycles. The zero-order chi connectivity index (χ0) is 16.7. The van der Waals surface area contributed by atoms with Crippen LogP contribution in [0.5, 0.6) is 0 Å². The van der Waals surface area contributed by atoms with Gasteiger partial charge < -0.3 is 10.3 Å². The average Bonchev–Trinajstić information content (AvgIpc) is 3.05. The zero-order valence-corrected chi connectivity index (χ0v) is 13.1. The molecule has 0 aliphatic rings. The SMILES string of the molecule is Cc1ccc(F)c2cc(C(=O)Nc3cccc4ccccc34)[nH]c12. The number of aromatic nitrogens is 1. The highest BCUT2D eigenvalue weighted by Crippen LogP contribution is 2.25. The molecule has 2 N–H and O–H groups in total. The number of halogens is 1. The van der Waals surface area contributed by atoms with Crippen molar-refractivity contribution in [2.24, 2.45) is 0 Å². The Balaban J connectivity index is 1.74. The number of H-pyrrole nitrogens is 1. The lowest BCUT2D eigenvalue weighted by atomic mass is 10.1. The number of benzene rings is 3. The van der Waals surface area contributed by atoms with Crippen molar-refractivity contribution < 1.29 is 9.18 Å². The summed E-state index contributed by atoms with van der Waals surface area (Å²) in [7, 11) is 0. The van der Waals surface area contributed by atoms with E-state index in [2.05, 4.69) is 10.3 Å². The third-order valence-electron chi connectivity index (χ3n) is 4.23. The maximum atomic E-state index is 13.9. The zero-order valence-electron chi connectivity index (χ0n) is 13.1. The number of rotatable bonds is 2. The van der Waals surface area contributed by atoms with E-state index in [9.17, 15) is 9.18 Å². The Labute approximate surface area is 138 Å². The normalized spacial score (nSPS) is 11.1. The van der Waals surface area contributed by atoms with Gasteiger partial charge in [0, 0.05) is 16.5 Å². The Morgan fingerprint density at radius 3 is 2.62 bits per heavy atom. The summed E-state index contributed by atoms with van der Waals surface area (Å²) in [6.07, 6.45) is 0. The third-order valence-corrected chi connectivity index (χ3v) is 4.23. The van der Waals surface area contributed by atoms with Crippen LogP contribution in [0.4, 0.5) is 10.1 Å². The Morgan fingerprint density at radius 1 is 1.00 bits per heavy atom. The van der Waals surface area contributed by atoms with Crippen molar-refractivity contribution in [3.05, 3.63) is 77.7 Å². The molecular weight excluding hydrogens is 303 g/mol. The summed E-state index contributed by atoms with van der Waals surface area (Å²) < 4.78 is 13.9. The van der Waals surface area contributed by atoms with Crippen LogP contribution >= 0.6 is 0 Å². The topological polar surface area (TPSA) is 44.9 Å². The summed E-state index contributed by atoms with van der Waals surface area (Å²) in [5.41, 5.74) is 2.62. The summed E-state index contributed by atoms with van der Waals surface area (Å²) in [6, 6.07) is 18.2. The molecule has 0 unspecified atom stereocenters. The van der Waals surface area contributed by atoms with Crippen LogP contribution in [0, 0.1) is 12.7 Å². The van der Waals surface area contributed by atoms with E-state index in [1.54, 1.807) is 12.1 Å². The quantitative estimate of drug-likeness (QED) is 0.535. The molecule has 0 atom stereocenters. The number of carbonyl (C=O) groups excluding carboxylic acids is 1. The van der Waals surface area contributed by atoms with Crippen LogP contribution in [0.2, 0.25) is 0 Å². The molecule has 1 amide bonds. The maximum Gasteiger partial charge on any atom is 0.272 e. The minimum atomic E-state index is -0.337. The molecule has 1 heterocycles. The molecule has 0 aliphatic carbocycles. The average molecular weight is 318 g/mol. The first-order chi connectivity index (χ1) is 11.6. The van der Waals surface area contributed by atoms with E-state index in [0.29, 0.717) is 16.6 Å². The Morgan fingerprint density at radius 2 is 1.79 bits per heavy atom. The number of amides is 1. The minimum absolute atomic E-state index is 0.290. The van der Waals surface area contributed by atoms with Gasteiger partial charge in [0.05, 0.1) is 5.52 Å². The van der Waals surface area contributed by atoms with Gasteiger partial charge in [-0.2, -0.15) is 0 Å². The van der Waals surface area contributed by atoms with Gasteiger partial charge in [-0.05, 0) is 36.1 Å². The molecule has 3 aromatic carbocycles. The Hall–Kier alpha value is -3.14. The van der Waals surface area contributed by atoms with Crippen molar-refractivity contribution in [3.63, 3.8) is 0 Å². The first-order valence-electron chi connectivity index (χ1n) is 7.70. The fourth-order valence-corrected chi connectivity index (χ4v) is 2.97. The first kappa shape index (κ1) is 14.5. The molecule has 4 aromatic rings. The second-order valence-electron chi connectivity index (χ2n) is 5.82. The van der Waals surface area contributed by atoms with E-state index < -0.39 is 0 Å². The summed E-state index contributed by atoms with van der Waals surface area (Å²) in [5.74, 6) is -0.627. The lowest BCUT2D eigenvalue weighted by Gasteiger charge is -2.07. The highest BCUT2D eigenvalue weighted by molar-refractivity contribution is 6.10. The first-order valence-corrected chi connectivity index (χ1v) is 7.70. The van der Waals surface area contributed by atoms with Crippen molar-refractivity contribution in [1.29, 1.82) is 0 Å². The molecular formula is C20H15FN2O. The highest BCUT2D eigenvalue weighted by Gasteiger charge is 2.14. The van der Waals surface area contributed by atoms with Gasteiger partial charge in [0.15, 0.2) is 0 Å². The number of aromatic amines is 1. The fourth-order valence-electron chi connectivity index (χ4n) is 2.97. The van der Waals surface area contributed by atoms with Gasteiger partial charge in [0.2, 0.25) is 0 Å². The summed E-state index contributed by atoms with van der Waals surface area (Å²) in [6.45, 7) is 1.88. The van der Waals surface area contributed by atoms with Crippen LogP contribution in [0.25, 0.3) is 21.7 Å². The molecule has 4 rings (SSSR count). The van der Waals surface area contributed by atoms with Gasteiger partial charge in [0.1, 0.15) is 11.5 Å². The molecule has 0 radical (unpaired) electrons. The van der Waals surface area contributed by atoms with E-state index in [1.165, 1.54) is 6.07 Å². The van der Waals surface area contributed by atoms with Crippen LogP contribution in [-0.4, -0.2) is 10.9 Å². The van der Waals surface area contributed by atoms with E-state index in [1.807, 2.05) is 49.4 Å². The second kappa shape index (κ2) is 5.49. The molecule has 0 fully saturated rings. The maximum absolute atomic E-state index is 13.9. The minimum Gasteiger partial charge on any atom is -0.350 e. The predicted octanol–water partition coefficient (Wildman–Crippen LogP) is 5.02. The molecule has 0 bridgehead atoms. The molecule has 1 aromatic heterocycles. The van der Waals surface area contributed by atoms with E-state index in [4.69, 9.17) is 0 Å². The van der Waals surface area contributed by atoms with E-state index >= 15 is 0 Å². The number of hydrogen-bond acceptors (Lipinski definition) is 1. The fraction of sp³-hybridized carbons (Fsp3) is 0.0500. The van der Waals surface area contributed by atoms with Crippen molar-refractivity contribution in [2.75, 3.05) is 5.32 Å². The van der Waals surface area contributed by atoms with Gasteiger partial charge in [-0.25, -0.2) is 4.39 Å². The molecule has 4 heteroatoms. The van der Waals surface area contributed by atoms with E-state index in [-0.39, 0.29) is 11.7 Å². The summed E-state index contributed by atoms with van der Waals surface area (Å²) >= 11 is 0. The van der Waals surface area contributed by atoms with Crippen LogP contribution in [-0.2, 0) is 0 Å². The van der Waals surface area contributed by atoms with Gasteiger partial charge in [-0.3, -0.25) is 4.79 Å². The van der Waals surface area contributed by atoms with Crippen molar-refractivity contribution >= 4 is 33.3 Å². The summed E-state index contributed by atoms with van der Waals surface area (Å²) in [4.78, 5) is 15.6. The molecule has 0 saturated carbocycles. The highest BCUT2D eigenvalue weighted by atomic mass is 19.1. The number of nitrogens with one attached hydrogen (secondary N) is 2. The van der Waals surface area contributed by atoms with Gasteiger partial charge in [-0.15, -0.1) is 0 Å². The lowest BCUT2D eigenvalue weighted by molar-refractivity contribution is 0.102. The van der Waals surface area contributed by atoms with Crippen molar-refractivity contribution in [3.8, 4) is 0 Å². The van der Waals surface area contributed by atoms with Gasteiger partial charge in [-0.1, -0.05) is 42.5 Å². The number of aryl methyl sites for hydroxylation is 1. The number of fused-ring (bicyclic) bond motifs is 2. The monoisotopic (exact) mass is 318 g/mol. The third kappa shape index (κ3) is 2.33.